The molecule has 3 aromatic rings. The first-order valence-corrected chi connectivity index (χ1v) is 25.1. The zero-order chi connectivity index (χ0) is 40.6. The maximum Gasteiger partial charge on any atom is 0.410 e. The molecule has 0 heterocycles. The minimum Gasteiger partial charge on any atom is -0.532 e. The third-order valence-electron chi connectivity index (χ3n) is 9.42. The first-order chi connectivity index (χ1) is 25.0. The van der Waals surface area contributed by atoms with Crippen LogP contribution in [-0.2, 0) is 25.5 Å². The molecule has 1 N–H and O–H groups in total. The Hall–Kier alpha value is -3.32. The van der Waals surface area contributed by atoms with Gasteiger partial charge in [0, 0.05) is 21.5 Å². The van der Waals surface area contributed by atoms with Crippen LogP contribution in [0.2, 0.25) is 40.8 Å². The van der Waals surface area contributed by atoms with Crippen molar-refractivity contribution in [2.24, 2.45) is 5.92 Å². The summed E-state index contributed by atoms with van der Waals surface area (Å²) in [4.78, 5) is 42.2. The third-order valence-corrected chi connectivity index (χ3v) is 16.6. The van der Waals surface area contributed by atoms with E-state index in [1.807, 2.05) is 50.2 Å². The summed E-state index contributed by atoms with van der Waals surface area (Å²) < 4.78 is 18.5. The molecule has 0 saturated carbocycles. The van der Waals surface area contributed by atoms with E-state index in [1.54, 1.807) is 32.9 Å². The Balaban J connectivity index is 2.05. The Morgan fingerprint density at radius 3 is 1.78 bits per heavy atom. The largest absolute Gasteiger partial charge is 0.532 e. The van der Waals surface area contributed by atoms with Crippen LogP contribution in [0.15, 0.2) is 72.8 Å². The smallest absolute Gasteiger partial charge is 0.410 e. The average molecular weight is 816 g/mol. The Kier molecular flexibility index (Phi) is 15.5. The van der Waals surface area contributed by atoms with Crippen LogP contribution in [0.5, 0.6) is 5.75 Å². The molecule has 296 valence electrons. The second-order valence-corrected chi connectivity index (χ2v) is 28.0. The number of hydrogen-bond donors (Lipinski definition) is 1. The van der Waals surface area contributed by atoms with Crippen molar-refractivity contribution in [3.8, 4) is 5.75 Å². The van der Waals surface area contributed by atoms with E-state index in [0.717, 1.165) is 16.4 Å². The molecule has 54 heavy (non-hydrogen) atoms. The van der Waals surface area contributed by atoms with Gasteiger partial charge in [0.1, 0.15) is 23.4 Å². The number of ether oxygens (including phenoxy) is 2. The first kappa shape index (κ1) is 45.1. The fourth-order valence-electron chi connectivity index (χ4n) is 6.36. The highest BCUT2D eigenvalue weighted by molar-refractivity contribution is 7.00. The monoisotopic (exact) mass is 814 g/mol. The van der Waals surface area contributed by atoms with Crippen LogP contribution in [0.25, 0.3) is 0 Å². The van der Waals surface area contributed by atoms with Crippen LogP contribution < -0.4 is 20.1 Å². The molecule has 0 saturated heterocycles. The lowest BCUT2D eigenvalue weighted by atomic mass is 9.96. The van der Waals surface area contributed by atoms with E-state index in [-0.39, 0.29) is 34.0 Å². The summed E-state index contributed by atoms with van der Waals surface area (Å²) >= 11 is 14.1. The quantitative estimate of drug-likeness (QED) is 0.122. The predicted octanol–water partition coefficient (Wildman–Crippen LogP) is 9.12. The van der Waals surface area contributed by atoms with Gasteiger partial charge in [-0.3, -0.25) is 9.69 Å². The number of carbonyl (C=O) groups excluding carboxylic acids is 3. The van der Waals surface area contributed by atoms with Gasteiger partial charge in [-0.05, 0) is 65.8 Å². The third kappa shape index (κ3) is 11.8. The van der Waals surface area contributed by atoms with Crippen molar-refractivity contribution in [2.75, 3.05) is 13.7 Å². The van der Waals surface area contributed by atoms with E-state index in [2.05, 4.69) is 70.0 Å². The molecular weight excluding hydrogens is 756 g/mol. The van der Waals surface area contributed by atoms with Crippen molar-refractivity contribution < 1.29 is 28.3 Å². The highest BCUT2D eigenvalue weighted by Gasteiger charge is 2.52. The summed E-state index contributed by atoms with van der Waals surface area (Å²) in [7, 11) is -3.06. The summed E-state index contributed by atoms with van der Waals surface area (Å²) in [5.74, 6) is -0.962. The summed E-state index contributed by atoms with van der Waals surface area (Å²) in [5.41, 5.74) is -0.149. The van der Waals surface area contributed by atoms with Crippen molar-refractivity contribution in [1.29, 1.82) is 0 Å². The first-order valence-electron chi connectivity index (χ1n) is 18.7. The number of carbonyl (C=O) groups is 3. The molecular formula is C42H60Cl2N2O6Si2. The van der Waals surface area contributed by atoms with Gasteiger partial charge in [0.15, 0.2) is 0 Å². The molecule has 0 bridgehead atoms. The van der Waals surface area contributed by atoms with E-state index < -0.39 is 52.0 Å². The Labute approximate surface area is 335 Å². The van der Waals surface area contributed by atoms with Crippen LogP contribution in [0.4, 0.5) is 4.79 Å². The summed E-state index contributed by atoms with van der Waals surface area (Å²) in [6.45, 7) is 22.5. The molecule has 0 aliphatic heterocycles. The lowest BCUT2D eigenvalue weighted by Crippen LogP contribution is -2.68. The number of halogens is 2. The molecule has 0 spiro atoms. The van der Waals surface area contributed by atoms with Crippen LogP contribution in [0.3, 0.4) is 0 Å². The van der Waals surface area contributed by atoms with Crippen LogP contribution in [-0.4, -0.2) is 70.6 Å². The fourth-order valence-corrected chi connectivity index (χ4v) is 12.3. The molecule has 12 heteroatoms. The zero-order valence-electron chi connectivity index (χ0n) is 34.1. The van der Waals surface area contributed by atoms with E-state index in [4.69, 9.17) is 37.1 Å². The lowest BCUT2D eigenvalue weighted by molar-refractivity contribution is -0.148. The number of nitrogens with one attached hydrogen (secondary N) is 1. The Morgan fingerprint density at radius 1 is 0.852 bits per heavy atom. The standard InChI is InChI=1S/C42H60Cl2N2O6Si2/c1-13-29(2)36(46(9)40(49)51-41(3,4)5)38(47)45-35(39(48)50-24-25-53(10,11)12)28-30-26-33(43)37(34(44)27-30)52-54(42(6,7)8,31-20-16-14-17-21-31)32-22-18-15-19-23-32/h14-23,26-27,29,35-36H,13,24-25,28H2,1-12H3,(H,45,47)/t29-,35+,36-/m0/s1. The van der Waals surface area contributed by atoms with Crippen LogP contribution in [0.1, 0.15) is 67.4 Å². The van der Waals surface area contributed by atoms with Crippen molar-refractivity contribution in [2.45, 2.75) is 117 Å². The lowest BCUT2D eigenvalue weighted by Gasteiger charge is -2.43. The normalized spacial score (nSPS) is 14.0. The van der Waals surface area contributed by atoms with E-state index in [9.17, 15) is 14.4 Å². The van der Waals surface area contributed by atoms with Gasteiger partial charge < -0.3 is 19.2 Å². The number of likely N-dealkylation sites (N-methyl/N-ethyl adjacent to an activating group) is 1. The predicted molar refractivity (Wildman–Crippen MR) is 227 cm³/mol. The fraction of sp³-hybridized carbons (Fsp3) is 0.500. The van der Waals surface area contributed by atoms with Crippen molar-refractivity contribution in [1.82, 2.24) is 10.2 Å². The number of rotatable bonds is 15. The van der Waals surface area contributed by atoms with Gasteiger partial charge in [-0.2, -0.15) is 0 Å². The molecule has 0 aliphatic carbocycles. The maximum atomic E-state index is 14.1. The number of esters is 1. The number of benzene rings is 3. The topological polar surface area (TPSA) is 94.2 Å². The Morgan fingerprint density at radius 2 is 1.35 bits per heavy atom. The molecule has 0 aliphatic rings. The zero-order valence-corrected chi connectivity index (χ0v) is 37.7. The SMILES string of the molecule is CC[C@H](C)[C@@H](C(=O)N[C@H](Cc1cc(Cl)c(O[Si](c2ccccc2)(c2ccccc2)C(C)(C)C)c(Cl)c1)C(=O)OCC[Si](C)(C)C)N(C)C(=O)OC(C)(C)C. The second kappa shape index (κ2) is 18.5. The number of amides is 2. The van der Waals surface area contributed by atoms with Crippen molar-refractivity contribution in [3.05, 3.63) is 88.4 Å². The van der Waals surface area contributed by atoms with Gasteiger partial charge in [0.05, 0.1) is 16.7 Å². The van der Waals surface area contributed by atoms with Crippen LogP contribution >= 0.6 is 23.2 Å². The van der Waals surface area contributed by atoms with E-state index in [1.165, 1.54) is 11.9 Å². The summed E-state index contributed by atoms with van der Waals surface area (Å²) in [6.07, 6.45) is 0.0150. The molecule has 0 aromatic heterocycles. The van der Waals surface area contributed by atoms with Gasteiger partial charge >= 0.3 is 20.4 Å². The number of nitrogens with zero attached hydrogens (tertiary/aromatic N) is 1. The van der Waals surface area contributed by atoms with Crippen LogP contribution in [0, 0.1) is 5.92 Å². The minimum atomic E-state index is -3.07. The van der Waals surface area contributed by atoms with Gasteiger partial charge in [0.2, 0.25) is 5.91 Å². The molecule has 0 fully saturated rings. The summed E-state index contributed by atoms with van der Waals surface area (Å²) in [5, 5.41) is 5.28. The number of hydrogen-bond acceptors (Lipinski definition) is 6. The maximum absolute atomic E-state index is 14.1. The molecule has 8 nitrogen and oxygen atoms in total. The van der Waals surface area contributed by atoms with Gasteiger partial charge in [-0.25, -0.2) is 9.59 Å². The van der Waals surface area contributed by atoms with E-state index in [0.29, 0.717) is 17.7 Å². The molecule has 3 aromatic carbocycles. The van der Waals surface area contributed by atoms with Crippen molar-refractivity contribution in [3.63, 3.8) is 0 Å². The highest BCUT2D eigenvalue weighted by atomic mass is 35.5. The molecule has 3 rings (SSSR count). The second-order valence-electron chi connectivity index (χ2n) is 17.3. The van der Waals surface area contributed by atoms with Gasteiger partial charge in [-0.15, -0.1) is 0 Å². The molecule has 0 unspecified atom stereocenters. The van der Waals surface area contributed by atoms with Gasteiger partial charge in [-0.1, -0.05) is 145 Å². The Bertz CT molecular complexity index is 1660. The summed E-state index contributed by atoms with van der Waals surface area (Å²) in [6, 6.07) is 22.6. The average Bonchev–Trinajstić information content (AvgIpc) is 3.06. The highest BCUT2D eigenvalue weighted by Crippen LogP contribution is 2.42. The molecule has 3 atom stereocenters. The van der Waals surface area contributed by atoms with E-state index >= 15 is 0 Å². The molecule has 2 amide bonds. The minimum absolute atomic E-state index is 0.0415. The molecule has 0 radical (unpaired) electrons. The van der Waals surface area contributed by atoms with Crippen molar-refractivity contribution >= 4 is 67.9 Å². The van der Waals surface area contributed by atoms with Gasteiger partial charge in [0.25, 0.3) is 0 Å².